The summed E-state index contributed by atoms with van der Waals surface area (Å²) in [6.45, 7) is 4.53. The molecule has 0 aromatic heterocycles. The molecule has 0 atom stereocenters. The lowest BCUT2D eigenvalue weighted by atomic mass is 9.97. The van der Waals surface area contributed by atoms with Crippen molar-refractivity contribution in [3.63, 3.8) is 0 Å². The number of piperidine rings is 1. The van der Waals surface area contributed by atoms with Crippen LogP contribution in [0, 0.1) is 5.92 Å². The van der Waals surface area contributed by atoms with Gasteiger partial charge < -0.3 is 10.2 Å². The molecule has 2 aromatic rings. The molecule has 9 heteroatoms. The largest absolute Gasteiger partial charge is 0.326 e. The van der Waals surface area contributed by atoms with Gasteiger partial charge >= 0.3 is 0 Å². The number of carbonyl (C=O) groups is 2. The van der Waals surface area contributed by atoms with Gasteiger partial charge in [0.05, 0.1) is 5.69 Å². The molecule has 2 aromatic carbocycles. The maximum absolute atomic E-state index is 13.6. The van der Waals surface area contributed by atoms with E-state index in [1.807, 2.05) is 30.3 Å². The van der Waals surface area contributed by atoms with Crippen LogP contribution in [0.5, 0.6) is 0 Å². The standard InChI is InChI=1S/C24H28BrN3O4S/c1-3-17-4-6-21(7-5-17)26-24(30)18-8-11-27(12-9-18)33(31,32)22-15-20(25)14-19-10-13-28(16(2)29)23(19)22/h4-7,14-15,18H,3,8-13H2,1-2H3,(H,26,30). The second kappa shape index (κ2) is 9.56. The molecule has 0 aliphatic carbocycles. The van der Waals surface area contributed by atoms with E-state index >= 15 is 0 Å². The zero-order valence-corrected chi connectivity index (χ0v) is 21.2. The van der Waals surface area contributed by atoms with E-state index in [9.17, 15) is 18.0 Å². The van der Waals surface area contributed by atoms with Crippen molar-refractivity contribution >= 4 is 49.1 Å². The van der Waals surface area contributed by atoms with E-state index in [2.05, 4.69) is 28.2 Å². The molecule has 176 valence electrons. The highest BCUT2D eigenvalue weighted by Gasteiger charge is 2.37. The van der Waals surface area contributed by atoms with Crippen LogP contribution in [-0.4, -0.2) is 44.2 Å². The molecule has 33 heavy (non-hydrogen) atoms. The zero-order chi connectivity index (χ0) is 23.8. The molecule has 0 unspecified atom stereocenters. The molecule has 0 saturated carbocycles. The molecule has 1 N–H and O–H groups in total. The number of sulfonamides is 1. The van der Waals surface area contributed by atoms with Crippen LogP contribution in [0.1, 0.15) is 37.8 Å². The van der Waals surface area contributed by atoms with Crippen LogP contribution < -0.4 is 10.2 Å². The lowest BCUT2D eigenvalue weighted by Crippen LogP contribution is -2.42. The van der Waals surface area contributed by atoms with Gasteiger partial charge in [-0.1, -0.05) is 35.0 Å². The third-order valence-electron chi connectivity index (χ3n) is 6.45. The molecule has 2 aliphatic rings. The number of fused-ring (bicyclic) bond motifs is 1. The molecule has 1 fully saturated rings. The van der Waals surface area contributed by atoms with Gasteiger partial charge in [0.1, 0.15) is 4.90 Å². The van der Waals surface area contributed by atoms with Gasteiger partial charge in [-0.25, -0.2) is 8.42 Å². The molecule has 2 aliphatic heterocycles. The maximum Gasteiger partial charge on any atom is 0.245 e. The number of nitrogens with zero attached hydrogens (tertiary/aromatic N) is 2. The molecule has 2 amide bonds. The Morgan fingerprint density at radius 1 is 1.09 bits per heavy atom. The topological polar surface area (TPSA) is 86.8 Å². The lowest BCUT2D eigenvalue weighted by Gasteiger charge is -2.31. The summed E-state index contributed by atoms with van der Waals surface area (Å²) in [6.07, 6.45) is 2.46. The van der Waals surface area contributed by atoms with Crippen LogP contribution in [0.4, 0.5) is 11.4 Å². The summed E-state index contributed by atoms with van der Waals surface area (Å²) < 4.78 is 29.2. The Morgan fingerprint density at radius 3 is 2.36 bits per heavy atom. The van der Waals surface area contributed by atoms with E-state index in [0.29, 0.717) is 36.0 Å². The Kier molecular flexibility index (Phi) is 6.93. The third kappa shape index (κ3) is 4.85. The minimum Gasteiger partial charge on any atom is -0.326 e. The van der Waals surface area contributed by atoms with E-state index in [0.717, 1.165) is 17.7 Å². The highest BCUT2D eigenvalue weighted by molar-refractivity contribution is 9.10. The monoisotopic (exact) mass is 533 g/mol. The van der Waals surface area contributed by atoms with Crippen molar-refractivity contribution in [3.8, 4) is 0 Å². The van der Waals surface area contributed by atoms with Gasteiger partial charge in [-0.2, -0.15) is 4.31 Å². The number of amides is 2. The van der Waals surface area contributed by atoms with E-state index < -0.39 is 10.0 Å². The number of hydrogen-bond acceptors (Lipinski definition) is 4. The van der Waals surface area contributed by atoms with Crippen LogP contribution in [0.15, 0.2) is 45.8 Å². The first kappa shape index (κ1) is 23.9. The van der Waals surface area contributed by atoms with Crippen molar-refractivity contribution in [1.29, 1.82) is 0 Å². The van der Waals surface area contributed by atoms with Crippen molar-refractivity contribution in [2.45, 2.75) is 44.4 Å². The Bertz CT molecular complexity index is 1170. The Labute approximate surface area is 203 Å². The number of rotatable bonds is 5. The second-order valence-corrected chi connectivity index (χ2v) is 11.4. The predicted octanol–water partition coefficient (Wildman–Crippen LogP) is 3.96. The molecule has 0 spiro atoms. The average Bonchev–Trinajstić information content (AvgIpc) is 3.23. The molecular weight excluding hydrogens is 506 g/mol. The van der Waals surface area contributed by atoms with E-state index in [1.54, 1.807) is 11.0 Å². The Hall–Kier alpha value is -2.23. The predicted molar refractivity (Wildman–Crippen MR) is 132 cm³/mol. The third-order valence-corrected chi connectivity index (χ3v) is 8.82. The SMILES string of the molecule is CCc1ccc(NC(=O)C2CCN(S(=O)(=O)c3cc(Br)cc4c3N(C(C)=O)CC4)CC2)cc1. The fourth-order valence-corrected chi connectivity index (χ4v) is 6.93. The van der Waals surface area contributed by atoms with E-state index in [1.165, 1.54) is 16.8 Å². The number of halogens is 1. The van der Waals surface area contributed by atoms with Crippen molar-refractivity contribution in [1.82, 2.24) is 4.31 Å². The maximum atomic E-state index is 13.6. The van der Waals surface area contributed by atoms with Crippen LogP contribution in [0.25, 0.3) is 0 Å². The van der Waals surface area contributed by atoms with Crippen LogP contribution >= 0.6 is 15.9 Å². The van der Waals surface area contributed by atoms with Crippen LogP contribution in [0.2, 0.25) is 0 Å². The Morgan fingerprint density at radius 2 is 1.76 bits per heavy atom. The Balaban J connectivity index is 1.48. The van der Waals surface area contributed by atoms with Gasteiger partial charge in [-0.15, -0.1) is 0 Å². The molecular formula is C24H28BrN3O4S. The fraction of sp³-hybridized carbons (Fsp3) is 0.417. The summed E-state index contributed by atoms with van der Waals surface area (Å²) in [7, 11) is -3.81. The first-order valence-electron chi connectivity index (χ1n) is 11.2. The molecule has 1 saturated heterocycles. The second-order valence-electron chi connectivity index (χ2n) is 8.55. The number of carbonyl (C=O) groups excluding carboxylic acids is 2. The zero-order valence-electron chi connectivity index (χ0n) is 18.8. The quantitative estimate of drug-likeness (QED) is 0.630. The molecule has 7 nitrogen and oxygen atoms in total. The molecule has 4 rings (SSSR count). The van der Waals surface area contributed by atoms with Crippen LogP contribution in [-0.2, 0) is 32.5 Å². The summed E-state index contributed by atoms with van der Waals surface area (Å²) in [6, 6.07) is 11.2. The average molecular weight is 534 g/mol. The summed E-state index contributed by atoms with van der Waals surface area (Å²) in [5.41, 5.74) is 3.29. The lowest BCUT2D eigenvalue weighted by molar-refractivity contribution is -0.121. The van der Waals surface area contributed by atoms with Crippen LogP contribution in [0.3, 0.4) is 0 Å². The number of aryl methyl sites for hydroxylation is 1. The van der Waals surface area contributed by atoms with E-state index in [-0.39, 0.29) is 35.7 Å². The van der Waals surface area contributed by atoms with Crippen molar-refractivity contribution in [2.75, 3.05) is 29.9 Å². The summed E-state index contributed by atoms with van der Waals surface area (Å²) >= 11 is 3.42. The summed E-state index contributed by atoms with van der Waals surface area (Å²) in [5.74, 6) is -0.499. The first-order chi connectivity index (χ1) is 15.7. The van der Waals surface area contributed by atoms with Crippen molar-refractivity contribution < 1.29 is 18.0 Å². The summed E-state index contributed by atoms with van der Waals surface area (Å²) in [4.78, 5) is 26.5. The summed E-state index contributed by atoms with van der Waals surface area (Å²) in [5, 5.41) is 2.95. The highest BCUT2D eigenvalue weighted by atomic mass is 79.9. The van der Waals surface area contributed by atoms with Crippen molar-refractivity contribution in [3.05, 3.63) is 52.0 Å². The molecule has 2 heterocycles. The smallest absolute Gasteiger partial charge is 0.245 e. The molecule has 0 bridgehead atoms. The van der Waals surface area contributed by atoms with Gasteiger partial charge in [0.2, 0.25) is 21.8 Å². The number of hydrogen-bond donors (Lipinski definition) is 1. The van der Waals surface area contributed by atoms with Gasteiger partial charge in [0, 0.05) is 42.6 Å². The minimum absolute atomic E-state index is 0.0811. The molecule has 0 radical (unpaired) electrons. The number of benzene rings is 2. The van der Waals surface area contributed by atoms with Gasteiger partial charge in [0.25, 0.3) is 0 Å². The highest BCUT2D eigenvalue weighted by Crippen LogP contribution is 2.39. The fourth-order valence-electron chi connectivity index (χ4n) is 4.55. The number of anilines is 2. The minimum atomic E-state index is -3.81. The van der Waals surface area contributed by atoms with Gasteiger partial charge in [-0.05, 0) is 61.1 Å². The van der Waals surface area contributed by atoms with Crippen molar-refractivity contribution in [2.24, 2.45) is 5.92 Å². The van der Waals surface area contributed by atoms with E-state index in [4.69, 9.17) is 0 Å². The number of nitrogens with one attached hydrogen (secondary N) is 1. The first-order valence-corrected chi connectivity index (χ1v) is 13.4. The van der Waals surface area contributed by atoms with Gasteiger partial charge in [0.15, 0.2) is 0 Å². The normalized spacial score (nSPS) is 17.1. The van der Waals surface area contributed by atoms with Gasteiger partial charge in [-0.3, -0.25) is 9.59 Å².